The molecular weight excluding hydrogens is 471 g/mol. The third kappa shape index (κ3) is 3.26. The molecule has 8 nitrogen and oxygen atoms in total. The monoisotopic (exact) mass is 504 g/mol. The number of likely N-dealkylation sites (tertiary alicyclic amines) is 1. The van der Waals surface area contributed by atoms with Gasteiger partial charge >= 0.3 is 5.69 Å². The van der Waals surface area contributed by atoms with Gasteiger partial charge in [-0.2, -0.15) is 0 Å². The highest BCUT2D eigenvalue weighted by Crippen LogP contribution is 2.50. The second-order valence-corrected chi connectivity index (χ2v) is 11.4. The van der Waals surface area contributed by atoms with E-state index in [4.69, 9.17) is 4.74 Å². The van der Waals surface area contributed by atoms with Crippen LogP contribution >= 0.6 is 0 Å². The molecule has 37 heavy (non-hydrogen) atoms. The van der Waals surface area contributed by atoms with E-state index >= 15 is 4.39 Å². The van der Waals surface area contributed by atoms with Crippen LogP contribution in [0.2, 0.25) is 0 Å². The Morgan fingerprint density at radius 2 is 1.95 bits per heavy atom. The molecule has 1 aromatic carbocycles. The molecule has 3 aliphatic heterocycles. The van der Waals surface area contributed by atoms with Crippen molar-refractivity contribution in [1.82, 2.24) is 28.8 Å². The molecule has 1 saturated carbocycles. The summed E-state index contributed by atoms with van der Waals surface area (Å²) in [6, 6.07) is 2.10. The van der Waals surface area contributed by atoms with Crippen LogP contribution in [-0.4, -0.2) is 81.9 Å². The SMILES string of the molecule is CN(C)C1CCN(C2C=CC(c3c(F)cc4ncc5c6c4c3OCC3(CC3)n6c(=O)n5C)=CN2C)CC1. The Bertz CT molecular complexity index is 1550. The Kier molecular flexibility index (Phi) is 4.92. The number of nitrogens with zero attached hydrogens (tertiary/aromatic N) is 6. The first-order valence-corrected chi connectivity index (χ1v) is 13.2. The molecule has 4 aliphatic rings. The first-order chi connectivity index (χ1) is 17.8. The third-order valence-corrected chi connectivity index (χ3v) is 8.97. The molecule has 5 heterocycles. The highest BCUT2D eigenvalue weighted by molar-refractivity contribution is 6.09. The summed E-state index contributed by atoms with van der Waals surface area (Å²) in [4.78, 5) is 24.8. The van der Waals surface area contributed by atoms with E-state index in [1.807, 2.05) is 16.8 Å². The molecular formula is C28H33FN6O2. The van der Waals surface area contributed by atoms with Crippen molar-refractivity contribution in [3.63, 3.8) is 0 Å². The van der Waals surface area contributed by atoms with E-state index in [1.165, 1.54) is 6.07 Å². The van der Waals surface area contributed by atoms with Gasteiger partial charge in [-0.25, -0.2) is 9.18 Å². The van der Waals surface area contributed by atoms with Crippen LogP contribution in [0.5, 0.6) is 5.75 Å². The molecule has 0 bridgehead atoms. The van der Waals surface area contributed by atoms with Crippen molar-refractivity contribution in [2.24, 2.45) is 7.05 Å². The van der Waals surface area contributed by atoms with Gasteiger partial charge in [0.15, 0.2) is 0 Å². The molecule has 9 heteroatoms. The number of halogens is 1. The van der Waals surface area contributed by atoms with Gasteiger partial charge < -0.3 is 14.5 Å². The number of hydrogen-bond donors (Lipinski definition) is 0. The lowest BCUT2D eigenvalue weighted by molar-refractivity contribution is 0.0736. The van der Waals surface area contributed by atoms with E-state index in [1.54, 1.807) is 17.8 Å². The Morgan fingerprint density at radius 3 is 2.62 bits per heavy atom. The number of aryl methyl sites for hydroxylation is 1. The van der Waals surface area contributed by atoms with E-state index in [9.17, 15) is 4.79 Å². The summed E-state index contributed by atoms with van der Waals surface area (Å²) < 4.78 is 25.7. The quantitative estimate of drug-likeness (QED) is 0.547. The maximum atomic E-state index is 15.8. The minimum Gasteiger partial charge on any atom is -0.490 e. The summed E-state index contributed by atoms with van der Waals surface area (Å²) >= 11 is 0. The highest BCUT2D eigenvalue weighted by Gasteiger charge is 2.50. The molecule has 1 aliphatic carbocycles. The van der Waals surface area contributed by atoms with Gasteiger partial charge in [0, 0.05) is 51.1 Å². The Morgan fingerprint density at radius 1 is 1.19 bits per heavy atom. The number of ether oxygens (including phenoxy) is 1. The predicted octanol–water partition coefficient (Wildman–Crippen LogP) is 3.10. The van der Waals surface area contributed by atoms with Crippen LogP contribution in [0.4, 0.5) is 4.39 Å². The second kappa shape index (κ2) is 7.91. The van der Waals surface area contributed by atoms with E-state index in [0.29, 0.717) is 29.5 Å². The molecule has 3 aromatic rings. The number of fused-ring (bicyclic) bond motifs is 1. The van der Waals surface area contributed by atoms with Gasteiger partial charge in [-0.15, -0.1) is 0 Å². The van der Waals surface area contributed by atoms with Crippen LogP contribution < -0.4 is 10.4 Å². The van der Waals surface area contributed by atoms with Crippen molar-refractivity contribution in [1.29, 1.82) is 0 Å². The van der Waals surface area contributed by atoms with Gasteiger partial charge in [-0.3, -0.25) is 19.0 Å². The van der Waals surface area contributed by atoms with Gasteiger partial charge in [0.25, 0.3) is 0 Å². The summed E-state index contributed by atoms with van der Waals surface area (Å²) in [6.45, 7) is 2.41. The molecule has 0 radical (unpaired) electrons. The fourth-order valence-corrected chi connectivity index (χ4v) is 6.58. The van der Waals surface area contributed by atoms with E-state index < -0.39 is 0 Å². The molecule has 1 unspecified atom stereocenters. The van der Waals surface area contributed by atoms with Crippen molar-refractivity contribution in [3.05, 3.63) is 52.5 Å². The lowest BCUT2D eigenvalue weighted by Gasteiger charge is -2.42. The number of likely N-dealkylation sites (N-methyl/N-ethyl adjacent to an activating group) is 1. The first kappa shape index (κ1) is 23.0. The van der Waals surface area contributed by atoms with Crippen LogP contribution in [0.1, 0.15) is 31.2 Å². The molecule has 7 rings (SSSR count). The maximum absolute atomic E-state index is 15.8. The van der Waals surface area contributed by atoms with Crippen molar-refractivity contribution in [2.45, 2.75) is 43.4 Å². The van der Waals surface area contributed by atoms with Crippen molar-refractivity contribution in [2.75, 3.05) is 40.8 Å². The zero-order valence-electron chi connectivity index (χ0n) is 21.9. The molecule has 0 N–H and O–H groups in total. The number of imidazole rings is 1. The normalized spacial score (nSPS) is 23.4. The summed E-state index contributed by atoms with van der Waals surface area (Å²) in [5, 5.41) is 0.722. The maximum Gasteiger partial charge on any atom is 0.329 e. The molecule has 1 saturated heterocycles. The zero-order valence-corrected chi connectivity index (χ0v) is 21.9. The highest BCUT2D eigenvalue weighted by atomic mass is 19.1. The fourth-order valence-electron chi connectivity index (χ4n) is 6.58. The standard InChI is InChI=1S/C28H33FN6O2/c1-31(2)18-7-11-34(12-8-18)22-6-5-17(15-32(22)3)23-19(29)13-20-24-25-21(14-30-20)33(4)27(36)35(25)28(9-10-28)16-37-26(23)24/h5-6,13-15,18,22H,7-12,16H2,1-4H3. The fraction of sp³-hybridized carbons (Fsp3) is 0.500. The van der Waals surface area contributed by atoms with E-state index in [2.05, 4.69) is 46.9 Å². The zero-order chi connectivity index (χ0) is 25.6. The molecule has 2 fully saturated rings. The number of rotatable bonds is 3. The number of benzene rings is 1. The van der Waals surface area contributed by atoms with Crippen LogP contribution in [-0.2, 0) is 12.6 Å². The van der Waals surface area contributed by atoms with Gasteiger partial charge in [0.2, 0.25) is 0 Å². The Balaban J connectivity index is 1.32. The Labute approximate surface area is 215 Å². The van der Waals surface area contributed by atoms with Gasteiger partial charge in [0.1, 0.15) is 24.3 Å². The minimum absolute atomic E-state index is 0.0680. The minimum atomic E-state index is -0.366. The molecule has 194 valence electrons. The number of allylic oxidation sites excluding steroid dienone is 2. The predicted molar refractivity (Wildman–Crippen MR) is 142 cm³/mol. The van der Waals surface area contributed by atoms with Crippen molar-refractivity contribution < 1.29 is 9.13 Å². The topological polar surface area (TPSA) is 58.8 Å². The summed E-state index contributed by atoms with van der Waals surface area (Å²) in [6.07, 6.45) is 12.1. The smallest absolute Gasteiger partial charge is 0.329 e. The molecule has 0 amide bonds. The summed E-state index contributed by atoms with van der Waals surface area (Å²) in [5.41, 5.74) is 2.84. The molecule has 1 spiro atoms. The molecule has 1 atom stereocenters. The lowest BCUT2D eigenvalue weighted by atomic mass is 9.97. The third-order valence-electron chi connectivity index (χ3n) is 8.97. The van der Waals surface area contributed by atoms with Crippen LogP contribution in [0.25, 0.3) is 27.5 Å². The van der Waals surface area contributed by atoms with Crippen molar-refractivity contribution in [3.8, 4) is 5.75 Å². The number of pyridine rings is 1. The average Bonchev–Trinajstić information content (AvgIpc) is 3.64. The van der Waals surface area contributed by atoms with Gasteiger partial charge in [0.05, 0.1) is 39.2 Å². The lowest BCUT2D eigenvalue weighted by Crippen LogP contribution is -2.50. The Hall–Kier alpha value is -3.17. The van der Waals surface area contributed by atoms with E-state index in [-0.39, 0.29) is 23.2 Å². The number of piperidine rings is 1. The first-order valence-electron chi connectivity index (χ1n) is 13.2. The van der Waals surface area contributed by atoms with Crippen LogP contribution in [0, 0.1) is 5.82 Å². The molecule has 2 aromatic heterocycles. The van der Waals surface area contributed by atoms with Crippen LogP contribution in [0.3, 0.4) is 0 Å². The van der Waals surface area contributed by atoms with Crippen molar-refractivity contribution >= 4 is 27.5 Å². The van der Waals surface area contributed by atoms with Gasteiger partial charge in [-0.05, 0) is 45.9 Å². The van der Waals surface area contributed by atoms with Crippen LogP contribution in [0.15, 0.2) is 35.4 Å². The largest absolute Gasteiger partial charge is 0.490 e. The summed E-state index contributed by atoms with van der Waals surface area (Å²) in [5.74, 6) is 0.131. The van der Waals surface area contributed by atoms with Gasteiger partial charge in [-0.1, -0.05) is 6.08 Å². The number of hydrogen-bond acceptors (Lipinski definition) is 6. The summed E-state index contributed by atoms with van der Waals surface area (Å²) in [7, 11) is 8.14. The van der Waals surface area contributed by atoms with E-state index in [0.717, 1.165) is 60.8 Å². The number of aromatic nitrogens is 3. The second-order valence-electron chi connectivity index (χ2n) is 11.4. The average molecular weight is 505 g/mol.